The molecule has 0 aliphatic heterocycles. The lowest BCUT2D eigenvalue weighted by molar-refractivity contribution is 0.0513. The van der Waals surface area contributed by atoms with E-state index in [0.717, 1.165) is 16.9 Å². The van der Waals surface area contributed by atoms with Crippen LogP contribution in [0.2, 0.25) is 0 Å². The van der Waals surface area contributed by atoms with Crippen molar-refractivity contribution in [2.75, 3.05) is 18.1 Å². The molecule has 1 heterocycles. The number of allylic oxidation sites excluding steroid dienone is 1. The van der Waals surface area contributed by atoms with Gasteiger partial charge in [0.1, 0.15) is 5.69 Å². The number of para-hydroxylation sites is 1. The molecule has 1 aromatic carbocycles. The van der Waals surface area contributed by atoms with Gasteiger partial charge in [0, 0.05) is 24.5 Å². The van der Waals surface area contributed by atoms with Crippen molar-refractivity contribution in [3.05, 3.63) is 65.0 Å². The van der Waals surface area contributed by atoms with E-state index in [4.69, 9.17) is 4.74 Å². The summed E-state index contributed by atoms with van der Waals surface area (Å²) >= 11 is 0. The SMILES string of the molecule is C=CCn1c(C)c(C(=O)N(CC)c2ccccc2C)c(C)c1C(=O)OCC. The van der Waals surface area contributed by atoms with Crippen molar-refractivity contribution in [2.45, 2.75) is 41.2 Å². The zero-order chi connectivity index (χ0) is 20.1. The van der Waals surface area contributed by atoms with E-state index < -0.39 is 5.97 Å². The van der Waals surface area contributed by atoms with Crippen molar-refractivity contribution >= 4 is 17.6 Å². The van der Waals surface area contributed by atoms with E-state index >= 15 is 0 Å². The number of aromatic nitrogens is 1. The van der Waals surface area contributed by atoms with E-state index in [1.807, 2.05) is 45.0 Å². The van der Waals surface area contributed by atoms with Gasteiger partial charge >= 0.3 is 5.97 Å². The molecule has 0 unspecified atom stereocenters. The van der Waals surface area contributed by atoms with Crippen LogP contribution in [-0.4, -0.2) is 29.6 Å². The Kier molecular flexibility index (Phi) is 6.61. The number of benzene rings is 1. The molecule has 2 rings (SSSR count). The van der Waals surface area contributed by atoms with Gasteiger partial charge in [-0.2, -0.15) is 0 Å². The zero-order valence-electron chi connectivity index (χ0n) is 16.8. The second kappa shape index (κ2) is 8.71. The quantitative estimate of drug-likeness (QED) is 0.536. The molecule has 0 fully saturated rings. The van der Waals surface area contributed by atoms with Crippen LogP contribution in [0.4, 0.5) is 5.69 Å². The summed E-state index contributed by atoms with van der Waals surface area (Å²) in [5, 5.41) is 0. The maximum atomic E-state index is 13.5. The lowest BCUT2D eigenvalue weighted by Crippen LogP contribution is -2.32. The minimum atomic E-state index is -0.419. The van der Waals surface area contributed by atoms with Crippen LogP contribution < -0.4 is 4.90 Å². The summed E-state index contributed by atoms with van der Waals surface area (Å²) in [7, 11) is 0. The molecule has 0 radical (unpaired) electrons. The third-order valence-corrected chi connectivity index (χ3v) is 4.73. The van der Waals surface area contributed by atoms with Crippen molar-refractivity contribution in [3.8, 4) is 0 Å². The molecule has 0 spiro atoms. The van der Waals surface area contributed by atoms with Crippen LogP contribution in [-0.2, 0) is 11.3 Å². The van der Waals surface area contributed by atoms with E-state index in [1.54, 1.807) is 29.4 Å². The Balaban J connectivity index is 2.61. The predicted molar refractivity (Wildman–Crippen MR) is 109 cm³/mol. The van der Waals surface area contributed by atoms with Crippen molar-refractivity contribution < 1.29 is 14.3 Å². The number of hydrogen-bond acceptors (Lipinski definition) is 3. The summed E-state index contributed by atoms with van der Waals surface area (Å²) in [6.07, 6.45) is 1.71. The molecule has 0 aliphatic rings. The lowest BCUT2D eigenvalue weighted by Gasteiger charge is -2.23. The first kappa shape index (κ1) is 20.5. The van der Waals surface area contributed by atoms with E-state index in [-0.39, 0.29) is 12.5 Å². The molecule has 5 nitrogen and oxygen atoms in total. The Morgan fingerprint density at radius 2 is 1.85 bits per heavy atom. The Labute approximate surface area is 161 Å². The fraction of sp³-hybridized carbons (Fsp3) is 0.364. The average Bonchev–Trinajstić information content (AvgIpc) is 2.88. The standard InChI is InChI=1S/C22H28N2O3/c1-7-14-24-17(6)19(16(5)20(24)22(26)27-9-3)21(25)23(8-2)18-13-11-10-12-15(18)4/h7,10-13H,1,8-9,14H2,2-6H3. The van der Waals surface area contributed by atoms with Crippen molar-refractivity contribution in [1.29, 1.82) is 0 Å². The average molecular weight is 368 g/mol. The molecule has 2 aromatic rings. The Morgan fingerprint density at radius 3 is 2.41 bits per heavy atom. The van der Waals surface area contributed by atoms with Gasteiger partial charge in [0.2, 0.25) is 0 Å². The van der Waals surface area contributed by atoms with E-state index in [2.05, 4.69) is 6.58 Å². The molecule has 27 heavy (non-hydrogen) atoms. The number of aryl methyl sites for hydroxylation is 1. The summed E-state index contributed by atoms with van der Waals surface area (Å²) in [6.45, 7) is 14.4. The number of nitrogens with zero attached hydrogens (tertiary/aromatic N) is 2. The smallest absolute Gasteiger partial charge is 0.355 e. The highest BCUT2D eigenvalue weighted by molar-refractivity contribution is 6.10. The third kappa shape index (κ3) is 3.82. The minimum absolute atomic E-state index is 0.116. The Bertz CT molecular complexity index is 865. The first-order valence-corrected chi connectivity index (χ1v) is 9.24. The molecular weight excluding hydrogens is 340 g/mol. The summed E-state index contributed by atoms with van der Waals surface area (Å²) in [5.74, 6) is -0.534. The Morgan fingerprint density at radius 1 is 1.19 bits per heavy atom. The minimum Gasteiger partial charge on any atom is -0.461 e. The summed E-state index contributed by atoms with van der Waals surface area (Å²) < 4.78 is 7.02. The maximum absolute atomic E-state index is 13.5. The normalized spacial score (nSPS) is 10.6. The number of carbonyl (C=O) groups excluding carboxylic acids is 2. The molecule has 0 bridgehead atoms. The molecular formula is C22H28N2O3. The molecule has 1 amide bonds. The molecule has 0 N–H and O–H groups in total. The van der Waals surface area contributed by atoms with E-state index in [9.17, 15) is 9.59 Å². The third-order valence-electron chi connectivity index (χ3n) is 4.73. The maximum Gasteiger partial charge on any atom is 0.355 e. The fourth-order valence-electron chi connectivity index (χ4n) is 3.45. The molecule has 1 aromatic heterocycles. The van der Waals surface area contributed by atoms with E-state index in [1.165, 1.54) is 0 Å². The van der Waals surface area contributed by atoms with Gasteiger partial charge in [-0.25, -0.2) is 4.79 Å². The number of esters is 1. The highest BCUT2D eigenvalue weighted by atomic mass is 16.5. The zero-order valence-corrected chi connectivity index (χ0v) is 16.8. The van der Waals surface area contributed by atoms with Gasteiger partial charge in [0.05, 0.1) is 12.2 Å². The van der Waals surface area contributed by atoms with Crippen LogP contribution in [0.25, 0.3) is 0 Å². The van der Waals surface area contributed by atoms with Crippen LogP contribution >= 0.6 is 0 Å². The van der Waals surface area contributed by atoms with Crippen LogP contribution in [0.3, 0.4) is 0 Å². The van der Waals surface area contributed by atoms with Crippen molar-refractivity contribution in [3.63, 3.8) is 0 Å². The topological polar surface area (TPSA) is 51.5 Å². The molecule has 5 heteroatoms. The van der Waals surface area contributed by atoms with Crippen LogP contribution in [0, 0.1) is 20.8 Å². The second-order valence-corrected chi connectivity index (χ2v) is 6.39. The van der Waals surface area contributed by atoms with Gasteiger partial charge in [0.15, 0.2) is 0 Å². The van der Waals surface area contributed by atoms with Crippen LogP contribution in [0.15, 0.2) is 36.9 Å². The highest BCUT2D eigenvalue weighted by Crippen LogP contribution is 2.28. The first-order valence-electron chi connectivity index (χ1n) is 9.24. The van der Waals surface area contributed by atoms with Gasteiger partial charge in [0.25, 0.3) is 5.91 Å². The summed E-state index contributed by atoms with van der Waals surface area (Å²) in [5.41, 5.74) is 4.25. The van der Waals surface area contributed by atoms with E-state index in [0.29, 0.717) is 29.9 Å². The summed E-state index contributed by atoms with van der Waals surface area (Å²) in [4.78, 5) is 27.7. The van der Waals surface area contributed by atoms with Gasteiger partial charge in [-0.05, 0) is 51.8 Å². The predicted octanol–water partition coefficient (Wildman–Crippen LogP) is 4.44. The first-order chi connectivity index (χ1) is 12.9. The fourth-order valence-corrected chi connectivity index (χ4v) is 3.45. The molecule has 144 valence electrons. The molecule has 0 aliphatic carbocycles. The van der Waals surface area contributed by atoms with Crippen LogP contribution in [0.5, 0.6) is 0 Å². The largest absolute Gasteiger partial charge is 0.461 e. The number of carbonyl (C=O) groups is 2. The number of amides is 1. The highest BCUT2D eigenvalue weighted by Gasteiger charge is 2.29. The molecule has 0 saturated heterocycles. The number of anilines is 1. The summed E-state index contributed by atoms with van der Waals surface area (Å²) in [6, 6.07) is 7.80. The van der Waals surface area contributed by atoms with Gasteiger partial charge in [-0.15, -0.1) is 6.58 Å². The number of ether oxygens (including phenoxy) is 1. The second-order valence-electron chi connectivity index (χ2n) is 6.39. The number of rotatable bonds is 7. The lowest BCUT2D eigenvalue weighted by atomic mass is 10.1. The van der Waals surface area contributed by atoms with Crippen molar-refractivity contribution in [1.82, 2.24) is 4.57 Å². The van der Waals surface area contributed by atoms with Crippen molar-refractivity contribution in [2.24, 2.45) is 0 Å². The molecule has 0 atom stereocenters. The molecule has 0 saturated carbocycles. The Hall–Kier alpha value is -2.82. The van der Waals surface area contributed by atoms with Crippen LogP contribution in [0.1, 0.15) is 51.5 Å². The van der Waals surface area contributed by atoms with Gasteiger partial charge in [-0.1, -0.05) is 24.3 Å². The van der Waals surface area contributed by atoms with Gasteiger partial charge < -0.3 is 14.2 Å². The number of hydrogen-bond donors (Lipinski definition) is 0. The monoisotopic (exact) mass is 368 g/mol. The van der Waals surface area contributed by atoms with Gasteiger partial charge in [-0.3, -0.25) is 4.79 Å².